The summed E-state index contributed by atoms with van der Waals surface area (Å²) in [6.07, 6.45) is -0.558. The molecule has 28 heavy (non-hydrogen) atoms. The summed E-state index contributed by atoms with van der Waals surface area (Å²) in [6, 6.07) is 17.3. The van der Waals surface area contributed by atoms with Crippen LogP contribution in [0, 0.1) is 0 Å². The summed E-state index contributed by atoms with van der Waals surface area (Å²) in [4.78, 5) is 1.12. The van der Waals surface area contributed by atoms with Crippen LogP contribution in [0.3, 0.4) is 0 Å². The molecule has 0 radical (unpaired) electrons. The van der Waals surface area contributed by atoms with Crippen LogP contribution in [0.5, 0.6) is 11.5 Å². The van der Waals surface area contributed by atoms with Crippen LogP contribution in [0.2, 0.25) is 5.02 Å². The zero-order valence-corrected chi connectivity index (χ0v) is 17.8. The maximum atomic E-state index is 10.2. The Morgan fingerprint density at radius 1 is 1.14 bits per heavy atom. The maximum absolute atomic E-state index is 10.2. The van der Waals surface area contributed by atoms with Gasteiger partial charge < -0.3 is 19.9 Å². The first-order valence-corrected chi connectivity index (χ1v) is 9.88. The van der Waals surface area contributed by atoms with Gasteiger partial charge in [-0.2, -0.15) is 0 Å². The second kappa shape index (κ2) is 11.3. The van der Waals surface area contributed by atoms with Gasteiger partial charge in [0.15, 0.2) is 11.5 Å². The third kappa shape index (κ3) is 6.12. The molecule has 0 saturated heterocycles. The number of rotatable bonds is 9. The minimum Gasteiger partial charge on any atom is -0.493 e. The lowest BCUT2D eigenvalue weighted by atomic mass is 10.1. The van der Waals surface area contributed by atoms with Gasteiger partial charge in [-0.3, -0.25) is 0 Å². The van der Waals surface area contributed by atoms with Gasteiger partial charge >= 0.3 is 0 Å². The van der Waals surface area contributed by atoms with Crippen molar-refractivity contribution < 1.29 is 14.6 Å². The van der Waals surface area contributed by atoms with E-state index in [-0.39, 0.29) is 12.4 Å². The van der Waals surface area contributed by atoms with Crippen LogP contribution in [-0.4, -0.2) is 18.8 Å². The highest BCUT2D eigenvalue weighted by atomic mass is 35.5. The molecule has 0 spiro atoms. The third-order valence-corrected chi connectivity index (χ3v) is 5.21. The highest BCUT2D eigenvalue weighted by Gasteiger charge is 2.13. The van der Waals surface area contributed by atoms with Crippen LogP contribution in [0.1, 0.15) is 22.1 Å². The Kier molecular flexibility index (Phi) is 9.09. The van der Waals surface area contributed by atoms with E-state index in [4.69, 9.17) is 21.1 Å². The Bertz CT molecular complexity index is 844. The van der Waals surface area contributed by atoms with Gasteiger partial charge in [0.05, 0.1) is 18.2 Å². The lowest BCUT2D eigenvalue weighted by Crippen LogP contribution is -2.21. The zero-order chi connectivity index (χ0) is 19.1. The van der Waals surface area contributed by atoms with E-state index >= 15 is 0 Å². The number of hydrogen-bond acceptors (Lipinski definition) is 5. The molecule has 0 saturated carbocycles. The summed E-state index contributed by atoms with van der Waals surface area (Å²) in [5.41, 5.74) is 1.85. The van der Waals surface area contributed by atoms with Crippen molar-refractivity contribution in [3.8, 4) is 11.5 Å². The van der Waals surface area contributed by atoms with Crippen LogP contribution in [0.25, 0.3) is 0 Å². The first-order valence-electron chi connectivity index (χ1n) is 8.62. The van der Waals surface area contributed by atoms with Crippen molar-refractivity contribution in [3.05, 3.63) is 81.0 Å². The normalized spacial score (nSPS) is 11.5. The number of ether oxygens (including phenoxy) is 2. The molecule has 1 unspecified atom stereocenters. The van der Waals surface area contributed by atoms with E-state index in [1.165, 1.54) is 0 Å². The summed E-state index contributed by atoms with van der Waals surface area (Å²) in [5, 5.41) is 16.0. The quantitative estimate of drug-likeness (QED) is 0.478. The Hall–Kier alpha value is -1.76. The molecule has 0 bridgehead atoms. The molecule has 2 N–H and O–H groups in total. The highest BCUT2D eigenvalue weighted by Crippen LogP contribution is 2.37. The maximum Gasteiger partial charge on any atom is 0.180 e. The van der Waals surface area contributed by atoms with Gasteiger partial charge in [-0.1, -0.05) is 48.0 Å². The van der Waals surface area contributed by atoms with Gasteiger partial charge in [0.25, 0.3) is 0 Å². The average Bonchev–Trinajstić information content (AvgIpc) is 3.21. The molecule has 1 aromatic heterocycles. The van der Waals surface area contributed by atoms with E-state index in [1.54, 1.807) is 18.4 Å². The standard InChI is InChI=1S/C21H22ClNO3S.ClH/c1-25-20-11-15(12-23-13-19(24)16-6-3-2-4-7-16)10-18(22)21(20)26-14-17-8-5-9-27-17;/h2-11,19,23-24H,12-14H2,1H3;1H. The molecule has 0 fully saturated rings. The molecular formula is C21H23Cl2NO3S. The number of aliphatic hydroxyl groups excluding tert-OH is 1. The zero-order valence-electron chi connectivity index (χ0n) is 15.4. The van der Waals surface area contributed by atoms with Gasteiger partial charge in [0, 0.05) is 18.0 Å². The molecule has 0 amide bonds. The number of benzene rings is 2. The second-order valence-corrected chi connectivity index (χ2v) is 7.47. The highest BCUT2D eigenvalue weighted by molar-refractivity contribution is 7.09. The van der Waals surface area contributed by atoms with E-state index in [0.29, 0.717) is 36.2 Å². The summed E-state index contributed by atoms with van der Waals surface area (Å²) < 4.78 is 11.3. The molecular weight excluding hydrogens is 417 g/mol. The van der Waals surface area contributed by atoms with Crippen molar-refractivity contribution in [2.45, 2.75) is 19.3 Å². The van der Waals surface area contributed by atoms with Gasteiger partial charge in [0.1, 0.15) is 6.61 Å². The van der Waals surface area contributed by atoms with E-state index in [0.717, 1.165) is 16.0 Å². The molecule has 1 atom stereocenters. The number of thiophene rings is 1. The van der Waals surface area contributed by atoms with E-state index in [9.17, 15) is 5.11 Å². The first kappa shape index (κ1) is 22.5. The predicted octanol–water partition coefficient (Wildman–Crippen LogP) is 5.23. The minimum absolute atomic E-state index is 0. The second-order valence-electron chi connectivity index (χ2n) is 6.03. The van der Waals surface area contributed by atoms with Crippen LogP contribution in [-0.2, 0) is 13.2 Å². The predicted molar refractivity (Wildman–Crippen MR) is 117 cm³/mol. The Morgan fingerprint density at radius 2 is 1.93 bits per heavy atom. The van der Waals surface area contributed by atoms with Crippen LogP contribution in [0.15, 0.2) is 60.0 Å². The van der Waals surface area contributed by atoms with Crippen LogP contribution in [0.4, 0.5) is 0 Å². The van der Waals surface area contributed by atoms with Crippen molar-refractivity contribution >= 4 is 35.3 Å². The third-order valence-electron chi connectivity index (χ3n) is 4.08. The molecule has 0 aliphatic heterocycles. The molecule has 3 aromatic rings. The Balaban J connectivity index is 0.00000280. The van der Waals surface area contributed by atoms with Crippen LogP contribution >= 0.6 is 35.3 Å². The number of halogens is 2. The smallest absolute Gasteiger partial charge is 0.180 e. The molecule has 7 heteroatoms. The largest absolute Gasteiger partial charge is 0.493 e. The topological polar surface area (TPSA) is 50.7 Å². The SMILES string of the molecule is COc1cc(CNCC(O)c2ccccc2)cc(Cl)c1OCc1cccs1.Cl. The molecule has 4 nitrogen and oxygen atoms in total. The molecule has 150 valence electrons. The summed E-state index contributed by atoms with van der Waals surface area (Å²) in [5.74, 6) is 1.14. The fourth-order valence-electron chi connectivity index (χ4n) is 2.70. The lowest BCUT2D eigenvalue weighted by molar-refractivity contribution is 0.174. The van der Waals surface area contributed by atoms with Crippen LogP contribution < -0.4 is 14.8 Å². The van der Waals surface area contributed by atoms with Crippen molar-refractivity contribution in [2.24, 2.45) is 0 Å². The van der Waals surface area contributed by atoms with Gasteiger partial charge in [-0.15, -0.1) is 23.7 Å². The number of aliphatic hydroxyl groups is 1. The van der Waals surface area contributed by atoms with Crippen molar-refractivity contribution in [2.75, 3.05) is 13.7 Å². The monoisotopic (exact) mass is 439 g/mol. The summed E-state index contributed by atoms with van der Waals surface area (Å²) in [6.45, 7) is 1.46. The molecule has 0 aliphatic rings. The Labute approximate surface area is 180 Å². The van der Waals surface area contributed by atoms with E-state index < -0.39 is 6.10 Å². The number of hydrogen-bond donors (Lipinski definition) is 2. The fraction of sp³-hybridized carbons (Fsp3) is 0.238. The summed E-state index contributed by atoms with van der Waals surface area (Å²) >= 11 is 8.05. The fourth-order valence-corrected chi connectivity index (χ4v) is 3.60. The number of nitrogens with one attached hydrogen (secondary N) is 1. The average molecular weight is 440 g/mol. The minimum atomic E-state index is -0.558. The summed E-state index contributed by atoms with van der Waals surface area (Å²) in [7, 11) is 1.60. The first-order chi connectivity index (χ1) is 13.2. The van der Waals surface area contributed by atoms with Crippen molar-refractivity contribution in [1.29, 1.82) is 0 Å². The molecule has 2 aromatic carbocycles. The van der Waals surface area contributed by atoms with E-state index in [1.807, 2.05) is 60.0 Å². The van der Waals surface area contributed by atoms with E-state index in [2.05, 4.69) is 5.32 Å². The molecule has 1 heterocycles. The van der Waals surface area contributed by atoms with Gasteiger partial charge in [-0.25, -0.2) is 0 Å². The lowest BCUT2D eigenvalue weighted by Gasteiger charge is -2.15. The number of methoxy groups -OCH3 is 1. The Morgan fingerprint density at radius 3 is 2.61 bits per heavy atom. The van der Waals surface area contributed by atoms with Crippen molar-refractivity contribution in [1.82, 2.24) is 5.32 Å². The van der Waals surface area contributed by atoms with Gasteiger partial charge in [0.2, 0.25) is 0 Å². The molecule has 3 rings (SSSR count). The molecule has 0 aliphatic carbocycles. The van der Waals surface area contributed by atoms with Gasteiger partial charge in [-0.05, 0) is 34.7 Å². The van der Waals surface area contributed by atoms with Crippen molar-refractivity contribution in [3.63, 3.8) is 0 Å².